The Morgan fingerprint density at radius 3 is 2.14 bits per heavy atom. The molecule has 0 aromatic heterocycles. The molecule has 0 amide bonds. The zero-order valence-electron chi connectivity index (χ0n) is 16.5. The molecule has 1 fully saturated rings. The summed E-state index contributed by atoms with van der Waals surface area (Å²) in [5.74, 6) is 0.538. The first-order chi connectivity index (χ1) is 14.3. The van der Waals surface area contributed by atoms with E-state index in [1.165, 1.54) is 34.9 Å². The average molecular weight is 403 g/mol. The molecular formula is C26H26O2S. The molecule has 4 rings (SSSR count). The standard InChI is InChI=1S/C26H26O2S/c27-26(19-29-23-11-5-2-6-12-23)28-25-14-8-7-13-24(25)22-17-15-21(16-18-22)20-9-3-1-4-10-20/h1-6,9-12,15-18,24-25H,7-8,13-14,19H2/t24-,25+/m0/s1. The number of hydrogen-bond acceptors (Lipinski definition) is 3. The van der Waals surface area contributed by atoms with Crippen molar-refractivity contribution in [1.29, 1.82) is 0 Å². The SMILES string of the molecule is O=C(CSc1ccccc1)O[C@@H]1CCCC[C@H]1c1ccc(-c2ccccc2)cc1. The molecule has 0 spiro atoms. The fourth-order valence-electron chi connectivity index (χ4n) is 4.03. The third kappa shape index (κ3) is 5.30. The molecule has 1 saturated carbocycles. The molecule has 148 valence electrons. The number of ether oxygens (including phenoxy) is 1. The van der Waals surface area contributed by atoms with Gasteiger partial charge in [0, 0.05) is 10.8 Å². The van der Waals surface area contributed by atoms with Crippen LogP contribution in [0, 0.1) is 0 Å². The summed E-state index contributed by atoms with van der Waals surface area (Å²) in [6.45, 7) is 0. The largest absolute Gasteiger partial charge is 0.461 e. The van der Waals surface area contributed by atoms with E-state index in [1.807, 2.05) is 36.4 Å². The van der Waals surface area contributed by atoms with Crippen molar-refractivity contribution in [1.82, 2.24) is 0 Å². The lowest BCUT2D eigenvalue weighted by molar-refractivity contribution is -0.148. The highest BCUT2D eigenvalue weighted by atomic mass is 32.2. The highest BCUT2D eigenvalue weighted by Crippen LogP contribution is 2.36. The number of rotatable bonds is 6. The Labute approximate surface area is 177 Å². The second-order valence-corrected chi connectivity index (χ2v) is 8.56. The molecule has 2 atom stereocenters. The molecule has 0 radical (unpaired) electrons. The predicted molar refractivity (Wildman–Crippen MR) is 120 cm³/mol. The van der Waals surface area contributed by atoms with Crippen molar-refractivity contribution in [2.45, 2.75) is 42.6 Å². The van der Waals surface area contributed by atoms with Crippen LogP contribution in [0.15, 0.2) is 89.8 Å². The van der Waals surface area contributed by atoms with Gasteiger partial charge in [0.1, 0.15) is 6.10 Å². The fraction of sp³-hybridized carbons (Fsp3) is 0.269. The Morgan fingerprint density at radius 2 is 1.41 bits per heavy atom. The van der Waals surface area contributed by atoms with Gasteiger partial charge in [0.2, 0.25) is 0 Å². The number of thioether (sulfide) groups is 1. The normalized spacial score (nSPS) is 18.9. The lowest BCUT2D eigenvalue weighted by Crippen LogP contribution is -2.29. The van der Waals surface area contributed by atoms with E-state index in [0.29, 0.717) is 11.7 Å². The first-order valence-electron chi connectivity index (χ1n) is 10.3. The smallest absolute Gasteiger partial charge is 0.316 e. The van der Waals surface area contributed by atoms with Crippen molar-refractivity contribution in [2.24, 2.45) is 0 Å². The maximum atomic E-state index is 12.5. The van der Waals surface area contributed by atoms with Crippen LogP contribution in [0.2, 0.25) is 0 Å². The van der Waals surface area contributed by atoms with Crippen molar-refractivity contribution in [2.75, 3.05) is 5.75 Å². The molecule has 0 bridgehead atoms. The van der Waals surface area contributed by atoms with Gasteiger partial charge in [0.25, 0.3) is 0 Å². The zero-order chi connectivity index (χ0) is 19.9. The number of carbonyl (C=O) groups excluding carboxylic acids is 1. The summed E-state index contributed by atoms with van der Waals surface area (Å²) in [7, 11) is 0. The lowest BCUT2D eigenvalue weighted by atomic mass is 9.81. The van der Waals surface area contributed by atoms with E-state index in [4.69, 9.17) is 4.74 Å². The van der Waals surface area contributed by atoms with E-state index in [-0.39, 0.29) is 12.1 Å². The fourth-order valence-corrected chi connectivity index (χ4v) is 4.74. The van der Waals surface area contributed by atoms with Crippen LogP contribution in [0.25, 0.3) is 11.1 Å². The van der Waals surface area contributed by atoms with Crippen LogP contribution < -0.4 is 0 Å². The highest BCUT2D eigenvalue weighted by molar-refractivity contribution is 8.00. The van der Waals surface area contributed by atoms with Crippen LogP contribution >= 0.6 is 11.8 Å². The van der Waals surface area contributed by atoms with Gasteiger partial charge in [-0.2, -0.15) is 0 Å². The molecule has 0 aliphatic heterocycles. The molecule has 3 aromatic carbocycles. The van der Waals surface area contributed by atoms with E-state index in [1.54, 1.807) is 0 Å². The Kier molecular flexibility index (Phi) is 6.68. The Hall–Kier alpha value is -2.52. The van der Waals surface area contributed by atoms with E-state index in [2.05, 4.69) is 48.5 Å². The minimum atomic E-state index is -0.114. The molecule has 0 saturated heterocycles. The van der Waals surface area contributed by atoms with Crippen LogP contribution in [0.3, 0.4) is 0 Å². The first kappa shape index (κ1) is 19.8. The molecule has 1 aliphatic rings. The summed E-state index contributed by atoms with van der Waals surface area (Å²) in [5, 5.41) is 0. The third-order valence-corrected chi connectivity index (χ3v) is 6.52. The Bertz CT molecular complexity index is 906. The van der Waals surface area contributed by atoms with Gasteiger partial charge in [-0.25, -0.2) is 0 Å². The van der Waals surface area contributed by atoms with Gasteiger partial charge in [-0.1, -0.05) is 79.2 Å². The highest BCUT2D eigenvalue weighted by Gasteiger charge is 2.29. The number of hydrogen-bond donors (Lipinski definition) is 0. The van der Waals surface area contributed by atoms with Gasteiger partial charge in [-0.15, -0.1) is 11.8 Å². The summed E-state index contributed by atoms with van der Waals surface area (Å²) in [5.41, 5.74) is 3.72. The third-order valence-electron chi connectivity index (χ3n) is 5.53. The quantitative estimate of drug-likeness (QED) is 0.338. The molecule has 0 N–H and O–H groups in total. The first-order valence-corrected chi connectivity index (χ1v) is 11.3. The van der Waals surface area contributed by atoms with Crippen molar-refractivity contribution >= 4 is 17.7 Å². The van der Waals surface area contributed by atoms with Crippen LogP contribution in [-0.4, -0.2) is 17.8 Å². The Morgan fingerprint density at radius 1 is 0.793 bits per heavy atom. The number of benzene rings is 3. The minimum Gasteiger partial charge on any atom is -0.461 e. The van der Waals surface area contributed by atoms with Crippen molar-refractivity contribution in [3.05, 3.63) is 90.5 Å². The molecule has 1 aliphatic carbocycles. The zero-order valence-corrected chi connectivity index (χ0v) is 17.3. The van der Waals surface area contributed by atoms with Crippen LogP contribution in [-0.2, 0) is 9.53 Å². The molecule has 0 unspecified atom stereocenters. The van der Waals surface area contributed by atoms with Gasteiger partial charge in [-0.3, -0.25) is 4.79 Å². The molecular weight excluding hydrogens is 376 g/mol. The second kappa shape index (κ2) is 9.80. The monoisotopic (exact) mass is 402 g/mol. The topological polar surface area (TPSA) is 26.3 Å². The van der Waals surface area contributed by atoms with Gasteiger partial charge in [0.05, 0.1) is 5.75 Å². The number of esters is 1. The summed E-state index contributed by atoms with van der Waals surface area (Å²) < 4.78 is 5.94. The maximum absolute atomic E-state index is 12.5. The van der Waals surface area contributed by atoms with E-state index >= 15 is 0 Å². The second-order valence-electron chi connectivity index (χ2n) is 7.51. The predicted octanol–water partition coefficient (Wildman–Crippen LogP) is 6.72. The lowest BCUT2D eigenvalue weighted by Gasteiger charge is -2.31. The molecule has 2 nitrogen and oxygen atoms in total. The van der Waals surface area contributed by atoms with E-state index in [9.17, 15) is 4.79 Å². The molecule has 29 heavy (non-hydrogen) atoms. The van der Waals surface area contributed by atoms with E-state index < -0.39 is 0 Å². The average Bonchev–Trinajstić information content (AvgIpc) is 2.79. The van der Waals surface area contributed by atoms with Gasteiger partial charge in [-0.05, 0) is 48.1 Å². The van der Waals surface area contributed by atoms with Crippen LogP contribution in [0.1, 0.15) is 37.2 Å². The van der Waals surface area contributed by atoms with Gasteiger partial charge >= 0.3 is 5.97 Å². The molecule has 3 heteroatoms. The van der Waals surface area contributed by atoms with Crippen LogP contribution in [0.5, 0.6) is 0 Å². The van der Waals surface area contributed by atoms with Crippen LogP contribution in [0.4, 0.5) is 0 Å². The van der Waals surface area contributed by atoms with E-state index in [0.717, 1.165) is 24.2 Å². The van der Waals surface area contributed by atoms with Crippen molar-refractivity contribution < 1.29 is 9.53 Å². The summed E-state index contributed by atoms with van der Waals surface area (Å²) in [6, 6.07) is 29.2. The molecule has 0 heterocycles. The van der Waals surface area contributed by atoms with Gasteiger partial charge < -0.3 is 4.74 Å². The number of carbonyl (C=O) groups is 1. The molecule has 3 aromatic rings. The van der Waals surface area contributed by atoms with Gasteiger partial charge in [0.15, 0.2) is 0 Å². The minimum absolute atomic E-state index is 0.0183. The van der Waals surface area contributed by atoms with Crippen molar-refractivity contribution in [3.8, 4) is 11.1 Å². The Balaban J connectivity index is 1.40. The van der Waals surface area contributed by atoms with Crippen molar-refractivity contribution in [3.63, 3.8) is 0 Å². The summed E-state index contributed by atoms with van der Waals surface area (Å²) in [6.07, 6.45) is 4.33. The maximum Gasteiger partial charge on any atom is 0.316 e. The summed E-state index contributed by atoms with van der Waals surface area (Å²) in [4.78, 5) is 13.6. The summed E-state index contributed by atoms with van der Waals surface area (Å²) >= 11 is 1.54.